The number of nitriles is 1. The lowest BCUT2D eigenvalue weighted by molar-refractivity contribution is 0.174. The number of aryl methyl sites for hydroxylation is 1. The molecule has 2 aliphatic rings. The maximum absolute atomic E-state index is 13.2. The average Bonchev–Trinajstić information content (AvgIpc) is 3.11. The lowest BCUT2D eigenvalue weighted by atomic mass is 9.84. The summed E-state index contributed by atoms with van der Waals surface area (Å²) in [6, 6.07) is 9.00. The lowest BCUT2D eigenvalue weighted by Gasteiger charge is -2.27. The third-order valence-electron chi connectivity index (χ3n) is 4.74. The molecule has 1 aromatic heterocycles. The van der Waals surface area contributed by atoms with Crippen LogP contribution in [0.15, 0.2) is 40.5 Å². The van der Waals surface area contributed by atoms with E-state index in [0.29, 0.717) is 34.1 Å². The van der Waals surface area contributed by atoms with Gasteiger partial charge in [-0.05, 0) is 24.6 Å². The van der Waals surface area contributed by atoms with Crippen molar-refractivity contribution in [2.45, 2.75) is 19.4 Å². The SMILES string of the molecule is Cc1cc2c(c(=O)n1CCO)[C@H](c1ccc3c(c1)OCO3)C(C#N)=C(N)O2. The lowest BCUT2D eigenvalue weighted by Crippen LogP contribution is -2.33. The van der Waals surface area contributed by atoms with Crippen molar-refractivity contribution < 1.29 is 19.3 Å². The van der Waals surface area contributed by atoms with Crippen LogP contribution in [-0.2, 0) is 6.54 Å². The maximum atomic E-state index is 13.2. The van der Waals surface area contributed by atoms with Crippen molar-refractivity contribution in [2.75, 3.05) is 13.4 Å². The topological polar surface area (TPSA) is 120 Å². The standard InChI is InChI=1S/C19H17N3O5/c1-10-6-15-17(19(24)22(10)4-5-23)16(12(8-20)18(21)27-15)11-2-3-13-14(7-11)26-9-25-13/h2-3,6-7,16,23H,4-5,9,21H2,1H3/t16-/m1/s1. The number of hydrogen-bond donors (Lipinski definition) is 2. The number of nitrogens with zero attached hydrogens (tertiary/aromatic N) is 2. The highest BCUT2D eigenvalue weighted by Crippen LogP contribution is 2.43. The van der Waals surface area contributed by atoms with Crippen molar-refractivity contribution in [3.63, 3.8) is 0 Å². The van der Waals surface area contributed by atoms with E-state index in [9.17, 15) is 15.2 Å². The summed E-state index contributed by atoms with van der Waals surface area (Å²) in [6.07, 6.45) is 0. The van der Waals surface area contributed by atoms with Gasteiger partial charge in [0.25, 0.3) is 5.56 Å². The second-order valence-corrected chi connectivity index (χ2v) is 6.28. The molecule has 138 valence electrons. The van der Waals surface area contributed by atoms with Gasteiger partial charge in [0.15, 0.2) is 11.5 Å². The van der Waals surface area contributed by atoms with Crippen molar-refractivity contribution >= 4 is 0 Å². The molecular formula is C19H17N3O5. The number of nitrogens with two attached hydrogens (primary N) is 1. The highest BCUT2D eigenvalue weighted by molar-refractivity contribution is 5.57. The second-order valence-electron chi connectivity index (χ2n) is 6.28. The van der Waals surface area contributed by atoms with Gasteiger partial charge < -0.3 is 29.6 Å². The van der Waals surface area contributed by atoms with Gasteiger partial charge in [-0.1, -0.05) is 6.07 Å². The number of aliphatic hydroxyl groups is 1. The fourth-order valence-electron chi connectivity index (χ4n) is 3.49. The molecule has 2 aliphatic heterocycles. The van der Waals surface area contributed by atoms with Crippen LogP contribution in [0.25, 0.3) is 0 Å². The van der Waals surface area contributed by atoms with Crippen molar-refractivity contribution in [2.24, 2.45) is 5.73 Å². The van der Waals surface area contributed by atoms with Gasteiger partial charge in [0.05, 0.1) is 18.1 Å². The predicted octanol–water partition coefficient (Wildman–Crippen LogP) is 1.10. The minimum absolute atomic E-state index is 0.0358. The molecule has 0 aliphatic carbocycles. The highest BCUT2D eigenvalue weighted by atomic mass is 16.7. The number of hydrogen-bond acceptors (Lipinski definition) is 7. The van der Waals surface area contributed by atoms with Crippen LogP contribution in [0.3, 0.4) is 0 Å². The zero-order valence-electron chi connectivity index (χ0n) is 14.6. The number of aliphatic hydroxyl groups excluding tert-OH is 1. The number of rotatable bonds is 3. The molecule has 1 aromatic carbocycles. The Hall–Kier alpha value is -3.44. The first-order valence-electron chi connectivity index (χ1n) is 8.37. The Bertz CT molecular complexity index is 1060. The Morgan fingerprint density at radius 1 is 1.30 bits per heavy atom. The molecule has 1 atom stereocenters. The Morgan fingerprint density at radius 2 is 2.07 bits per heavy atom. The molecule has 0 unspecified atom stereocenters. The number of ether oxygens (including phenoxy) is 3. The van der Waals surface area contributed by atoms with Crippen LogP contribution in [0.1, 0.15) is 22.7 Å². The van der Waals surface area contributed by atoms with Crippen LogP contribution in [0.4, 0.5) is 0 Å². The Balaban J connectivity index is 1.97. The van der Waals surface area contributed by atoms with E-state index in [-0.39, 0.29) is 37.0 Å². The van der Waals surface area contributed by atoms with E-state index in [1.54, 1.807) is 31.2 Å². The first-order chi connectivity index (χ1) is 13.0. The molecular weight excluding hydrogens is 350 g/mol. The zero-order chi connectivity index (χ0) is 19.1. The Labute approximate surface area is 154 Å². The molecule has 0 saturated carbocycles. The smallest absolute Gasteiger partial charge is 0.258 e. The molecule has 8 heteroatoms. The van der Waals surface area contributed by atoms with Crippen molar-refractivity contribution in [1.29, 1.82) is 5.26 Å². The van der Waals surface area contributed by atoms with E-state index in [4.69, 9.17) is 19.9 Å². The third-order valence-corrected chi connectivity index (χ3v) is 4.74. The predicted molar refractivity (Wildman–Crippen MR) is 94.4 cm³/mol. The summed E-state index contributed by atoms with van der Waals surface area (Å²) in [7, 11) is 0. The summed E-state index contributed by atoms with van der Waals surface area (Å²) in [5, 5.41) is 19.0. The Morgan fingerprint density at radius 3 is 2.81 bits per heavy atom. The monoisotopic (exact) mass is 367 g/mol. The molecule has 0 fully saturated rings. The summed E-state index contributed by atoms with van der Waals surface area (Å²) >= 11 is 0. The summed E-state index contributed by atoms with van der Waals surface area (Å²) in [4.78, 5) is 13.2. The van der Waals surface area contributed by atoms with Crippen molar-refractivity contribution in [1.82, 2.24) is 4.57 Å². The van der Waals surface area contributed by atoms with E-state index in [1.807, 2.05) is 0 Å². The van der Waals surface area contributed by atoms with E-state index in [2.05, 4.69) is 6.07 Å². The molecule has 0 saturated heterocycles. The molecule has 0 spiro atoms. The quantitative estimate of drug-likeness (QED) is 0.833. The van der Waals surface area contributed by atoms with E-state index >= 15 is 0 Å². The fourth-order valence-corrected chi connectivity index (χ4v) is 3.49. The summed E-state index contributed by atoms with van der Waals surface area (Å²) in [5.74, 6) is 0.714. The van der Waals surface area contributed by atoms with Crippen LogP contribution in [0, 0.1) is 18.3 Å². The van der Waals surface area contributed by atoms with Crippen LogP contribution < -0.4 is 25.5 Å². The first kappa shape index (κ1) is 17.0. The van der Waals surface area contributed by atoms with Gasteiger partial charge in [0.1, 0.15) is 17.4 Å². The zero-order valence-corrected chi connectivity index (χ0v) is 14.6. The van der Waals surface area contributed by atoms with Crippen LogP contribution in [0.5, 0.6) is 17.2 Å². The molecule has 0 amide bonds. The highest BCUT2D eigenvalue weighted by Gasteiger charge is 2.35. The van der Waals surface area contributed by atoms with E-state index in [1.165, 1.54) is 4.57 Å². The second kappa shape index (κ2) is 6.37. The molecule has 8 nitrogen and oxygen atoms in total. The van der Waals surface area contributed by atoms with E-state index < -0.39 is 5.92 Å². The van der Waals surface area contributed by atoms with Gasteiger partial charge in [-0.2, -0.15) is 5.26 Å². The number of pyridine rings is 1. The molecule has 27 heavy (non-hydrogen) atoms. The number of benzene rings is 1. The molecule has 0 radical (unpaired) electrons. The number of fused-ring (bicyclic) bond motifs is 2. The largest absolute Gasteiger partial charge is 0.454 e. The summed E-state index contributed by atoms with van der Waals surface area (Å²) in [6.45, 7) is 1.83. The molecule has 2 aromatic rings. The summed E-state index contributed by atoms with van der Waals surface area (Å²) in [5.41, 5.74) is 7.39. The number of allylic oxidation sites excluding steroid dienone is 1. The first-order valence-corrected chi connectivity index (χ1v) is 8.37. The molecule has 3 N–H and O–H groups in total. The fraction of sp³-hybridized carbons (Fsp3) is 0.263. The van der Waals surface area contributed by atoms with Gasteiger partial charge in [-0.15, -0.1) is 0 Å². The van der Waals surface area contributed by atoms with Crippen molar-refractivity contribution in [3.8, 4) is 23.3 Å². The van der Waals surface area contributed by atoms with Gasteiger partial charge in [0, 0.05) is 18.3 Å². The normalized spacial score (nSPS) is 17.3. The van der Waals surface area contributed by atoms with Gasteiger partial charge >= 0.3 is 0 Å². The molecule has 0 bridgehead atoms. The van der Waals surface area contributed by atoms with Crippen LogP contribution in [0.2, 0.25) is 0 Å². The van der Waals surface area contributed by atoms with Crippen molar-refractivity contribution in [3.05, 3.63) is 62.9 Å². The minimum Gasteiger partial charge on any atom is -0.454 e. The minimum atomic E-state index is -0.703. The maximum Gasteiger partial charge on any atom is 0.258 e. The summed E-state index contributed by atoms with van der Waals surface area (Å²) < 4.78 is 17.8. The third kappa shape index (κ3) is 2.60. The molecule has 4 rings (SSSR count). The van der Waals surface area contributed by atoms with Gasteiger partial charge in [-0.25, -0.2) is 0 Å². The van der Waals surface area contributed by atoms with Gasteiger partial charge in [-0.3, -0.25) is 4.79 Å². The van der Waals surface area contributed by atoms with E-state index in [0.717, 1.165) is 0 Å². The molecule has 3 heterocycles. The average molecular weight is 367 g/mol. The number of aromatic nitrogens is 1. The van der Waals surface area contributed by atoms with Crippen LogP contribution >= 0.6 is 0 Å². The van der Waals surface area contributed by atoms with Gasteiger partial charge in [0.2, 0.25) is 12.7 Å². The Kier molecular flexibility index (Phi) is 4.01. The van der Waals surface area contributed by atoms with Crippen LogP contribution in [-0.4, -0.2) is 23.1 Å².